The van der Waals surface area contributed by atoms with Crippen LogP contribution in [0.5, 0.6) is 0 Å². The minimum Gasteiger partial charge on any atom is -0.390 e. The molecule has 1 unspecified atom stereocenters. The molecule has 1 aromatic carbocycles. The van der Waals surface area contributed by atoms with Gasteiger partial charge >= 0.3 is 0 Å². The zero-order chi connectivity index (χ0) is 10.8. The van der Waals surface area contributed by atoms with E-state index in [0.717, 1.165) is 10.9 Å². The fraction of sp³-hybridized carbons (Fsp3) is 0.273. The van der Waals surface area contributed by atoms with Gasteiger partial charge in [0.2, 0.25) is 0 Å². The van der Waals surface area contributed by atoms with Crippen LogP contribution in [0.1, 0.15) is 0 Å². The number of aliphatic hydroxyl groups is 1. The highest BCUT2D eigenvalue weighted by Crippen LogP contribution is 2.17. The van der Waals surface area contributed by atoms with Gasteiger partial charge in [0.05, 0.1) is 11.6 Å². The fourth-order valence-corrected chi connectivity index (χ4v) is 1.80. The number of hydrogen-bond acceptors (Lipinski definition) is 1. The molecule has 0 bridgehead atoms. The lowest BCUT2D eigenvalue weighted by atomic mass is 10.2. The average Bonchev–Trinajstić information content (AvgIpc) is 2.61. The van der Waals surface area contributed by atoms with Gasteiger partial charge in [-0.1, -0.05) is 15.9 Å². The Bertz CT molecular complexity index is 469. The molecule has 2 aromatic rings. The SMILES string of the molecule is OC(CBr)Cn1ccc2ccc(F)cc21. The predicted molar refractivity (Wildman–Crippen MR) is 61.7 cm³/mol. The van der Waals surface area contributed by atoms with Crippen LogP contribution in [0.2, 0.25) is 0 Å². The number of hydrogen-bond donors (Lipinski definition) is 1. The normalized spacial score (nSPS) is 13.3. The van der Waals surface area contributed by atoms with E-state index in [4.69, 9.17) is 0 Å². The van der Waals surface area contributed by atoms with Gasteiger partial charge in [-0.05, 0) is 29.7 Å². The minimum atomic E-state index is -0.455. The van der Waals surface area contributed by atoms with Gasteiger partial charge < -0.3 is 9.67 Å². The summed E-state index contributed by atoms with van der Waals surface area (Å²) >= 11 is 3.20. The Morgan fingerprint density at radius 3 is 2.93 bits per heavy atom. The third-order valence-electron chi connectivity index (χ3n) is 2.32. The summed E-state index contributed by atoms with van der Waals surface area (Å²) < 4.78 is 14.9. The van der Waals surface area contributed by atoms with E-state index in [9.17, 15) is 9.50 Å². The van der Waals surface area contributed by atoms with Crippen molar-refractivity contribution in [2.75, 3.05) is 5.33 Å². The number of aromatic nitrogens is 1. The van der Waals surface area contributed by atoms with Crippen LogP contribution in [0.15, 0.2) is 30.5 Å². The Kier molecular flexibility index (Phi) is 3.07. The Labute approximate surface area is 95.5 Å². The third kappa shape index (κ3) is 2.21. The largest absolute Gasteiger partial charge is 0.390 e. The summed E-state index contributed by atoms with van der Waals surface area (Å²) in [6.07, 6.45) is 1.40. The highest BCUT2D eigenvalue weighted by atomic mass is 79.9. The van der Waals surface area contributed by atoms with Gasteiger partial charge in [-0.15, -0.1) is 0 Å². The molecule has 2 nitrogen and oxygen atoms in total. The van der Waals surface area contributed by atoms with E-state index in [1.54, 1.807) is 6.07 Å². The van der Waals surface area contributed by atoms with E-state index in [1.807, 2.05) is 16.8 Å². The van der Waals surface area contributed by atoms with Crippen LogP contribution in [-0.2, 0) is 6.54 Å². The molecule has 1 heterocycles. The van der Waals surface area contributed by atoms with Crippen molar-refractivity contribution in [3.05, 3.63) is 36.3 Å². The first-order valence-corrected chi connectivity index (χ1v) is 5.81. The molecule has 0 radical (unpaired) electrons. The summed E-state index contributed by atoms with van der Waals surface area (Å²) in [5.74, 6) is -0.254. The van der Waals surface area contributed by atoms with Crippen molar-refractivity contribution in [2.24, 2.45) is 0 Å². The molecule has 0 aliphatic carbocycles. The zero-order valence-electron chi connectivity index (χ0n) is 8.03. The number of nitrogens with zero attached hydrogens (tertiary/aromatic N) is 1. The van der Waals surface area contributed by atoms with E-state index in [0.29, 0.717) is 11.9 Å². The third-order valence-corrected chi connectivity index (χ3v) is 3.07. The van der Waals surface area contributed by atoms with E-state index in [-0.39, 0.29) is 5.82 Å². The lowest BCUT2D eigenvalue weighted by Crippen LogP contribution is -2.16. The van der Waals surface area contributed by atoms with Gasteiger partial charge in [-0.3, -0.25) is 0 Å². The average molecular weight is 272 g/mol. The number of rotatable bonds is 3. The van der Waals surface area contributed by atoms with Crippen molar-refractivity contribution in [2.45, 2.75) is 12.6 Å². The first-order valence-electron chi connectivity index (χ1n) is 4.69. The first kappa shape index (κ1) is 10.6. The monoisotopic (exact) mass is 271 g/mol. The molecular weight excluding hydrogens is 261 g/mol. The summed E-state index contributed by atoms with van der Waals surface area (Å²) in [6.45, 7) is 0.470. The highest BCUT2D eigenvalue weighted by molar-refractivity contribution is 9.09. The van der Waals surface area contributed by atoms with Crippen LogP contribution in [0, 0.1) is 5.82 Å². The van der Waals surface area contributed by atoms with Crippen LogP contribution < -0.4 is 0 Å². The molecule has 0 aliphatic heterocycles. The Hall–Kier alpha value is -0.870. The summed E-state index contributed by atoms with van der Waals surface area (Å²) in [4.78, 5) is 0. The second-order valence-corrected chi connectivity index (χ2v) is 4.13. The van der Waals surface area contributed by atoms with Gasteiger partial charge in [0.15, 0.2) is 0 Å². The number of benzene rings is 1. The zero-order valence-corrected chi connectivity index (χ0v) is 9.61. The summed E-state index contributed by atoms with van der Waals surface area (Å²) in [5, 5.41) is 11.0. The fourth-order valence-electron chi connectivity index (χ4n) is 1.59. The summed E-state index contributed by atoms with van der Waals surface area (Å²) in [7, 11) is 0. The quantitative estimate of drug-likeness (QED) is 0.853. The molecule has 0 aliphatic rings. The molecule has 1 aromatic heterocycles. The molecule has 80 valence electrons. The van der Waals surface area contributed by atoms with Gasteiger partial charge in [0.25, 0.3) is 0 Å². The number of fused-ring (bicyclic) bond motifs is 1. The molecule has 1 atom stereocenters. The molecule has 0 fully saturated rings. The van der Waals surface area contributed by atoms with Crippen LogP contribution >= 0.6 is 15.9 Å². The van der Waals surface area contributed by atoms with Crippen molar-refractivity contribution < 1.29 is 9.50 Å². The summed E-state index contributed by atoms with van der Waals surface area (Å²) in [6, 6.07) is 6.57. The van der Waals surface area contributed by atoms with Crippen molar-refractivity contribution >= 4 is 26.8 Å². The first-order chi connectivity index (χ1) is 7.20. The Balaban J connectivity index is 2.39. The van der Waals surface area contributed by atoms with Crippen molar-refractivity contribution in [1.29, 1.82) is 0 Å². The number of alkyl halides is 1. The number of halogens is 2. The summed E-state index contributed by atoms with van der Waals surface area (Å²) in [5.41, 5.74) is 0.815. The molecule has 0 saturated heterocycles. The Morgan fingerprint density at radius 1 is 1.40 bits per heavy atom. The maximum atomic E-state index is 13.0. The van der Waals surface area contributed by atoms with Crippen molar-refractivity contribution in [3.63, 3.8) is 0 Å². The molecule has 15 heavy (non-hydrogen) atoms. The molecule has 0 spiro atoms. The lowest BCUT2D eigenvalue weighted by Gasteiger charge is -2.09. The van der Waals surface area contributed by atoms with Crippen LogP contribution in [-0.4, -0.2) is 21.1 Å². The standard InChI is InChI=1S/C11H11BrFNO/c12-6-10(15)7-14-4-3-8-1-2-9(13)5-11(8)14/h1-5,10,15H,6-7H2. The lowest BCUT2D eigenvalue weighted by molar-refractivity contribution is 0.181. The van der Waals surface area contributed by atoms with Gasteiger partial charge in [-0.2, -0.15) is 0 Å². The number of aliphatic hydroxyl groups excluding tert-OH is 1. The van der Waals surface area contributed by atoms with Crippen LogP contribution in [0.4, 0.5) is 4.39 Å². The molecule has 0 saturated carbocycles. The molecular formula is C11H11BrFNO. The topological polar surface area (TPSA) is 25.2 Å². The predicted octanol–water partition coefficient (Wildman–Crippen LogP) is 2.54. The van der Waals surface area contributed by atoms with Crippen molar-refractivity contribution in [3.8, 4) is 0 Å². The van der Waals surface area contributed by atoms with Gasteiger partial charge in [-0.25, -0.2) is 4.39 Å². The maximum Gasteiger partial charge on any atom is 0.125 e. The Morgan fingerprint density at radius 2 is 2.20 bits per heavy atom. The van der Waals surface area contributed by atoms with Gasteiger partial charge in [0.1, 0.15) is 5.82 Å². The minimum absolute atomic E-state index is 0.254. The molecule has 0 amide bonds. The smallest absolute Gasteiger partial charge is 0.125 e. The van der Waals surface area contributed by atoms with E-state index in [2.05, 4.69) is 15.9 Å². The molecule has 1 N–H and O–H groups in total. The van der Waals surface area contributed by atoms with E-state index >= 15 is 0 Å². The van der Waals surface area contributed by atoms with Crippen LogP contribution in [0.25, 0.3) is 10.9 Å². The van der Waals surface area contributed by atoms with Crippen molar-refractivity contribution in [1.82, 2.24) is 4.57 Å². The molecule has 2 rings (SSSR count). The highest BCUT2D eigenvalue weighted by Gasteiger charge is 2.06. The van der Waals surface area contributed by atoms with E-state index < -0.39 is 6.10 Å². The van der Waals surface area contributed by atoms with E-state index in [1.165, 1.54) is 12.1 Å². The van der Waals surface area contributed by atoms with Gasteiger partial charge in [0, 0.05) is 18.1 Å². The second kappa shape index (κ2) is 4.33. The molecule has 4 heteroatoms. The maximum absolute atomic E-state index is 13.0. The second-order valence-electron chi connectivity index (χ2n) is 3.48. The van der Waals surface area contributed by atoms with Crippen LogP contribution in [0.3, 0.4) is 0 Å².